The third-order valence-electron chi connectivity index (χ3n) is 1.66. The maximum atomic E-state index is 9.95. The molecule has 2 atom stereocenters. The second kappa shape index (κ2) is 2.21. The van der Waals surface area contributed by atoms with Crippen molar-refractivity contribution in [2.75, 3.05) is 0 Å². The number of carboxylic acids is 1. The van der Waals surface area contributed by atoms with Crippen molar-refractivity contribution in [3.8, 4) is 0 Å². The minimum Gasteiger partial charge on any atom is -0.478 e. The van der Waals surface area contributed by atoms with E-state index in [9.17, 15) is 4.79 Å². The summed E-state index contributed by atoms with van der Waals surface area (Å²) in [4.78, 5) is 9.95. The van der Waals surface area contributed by atoms with E-state index in [0.717, 1.165) is 6.42 Å². The second-order valence-electron chi connectivity index (χ2n) is 2.57. The number of hydrogen-bond donors (Lipinski definition) is 1. The topological polar surface area (TPSA) is 37.3 Å². The summed E-state index contributed by atoms with van der Waals surface area (Å²) in [6.07, 6.45) is 4.16. The van der Waals surface area contributed by atoms with Crippen LogP contribution in [-0.2, 0) is 4.79 Å². The highest BCUT2D eigenvalue weighted by Gasteiger charge is 2.29. The molecule has 0 heterocycles. The van der Waals surface area contributed by atoms with Gasteiger partial charge in [0.05, 0.1) is 0 Å². The van der Waals surface area contributed by atoms with Crippen molar-refractivity contribution >= 4 is 5.97 Å². The largest absolute Gasteiger partial charge is 0.478 e. The first-order chi connectivity index (χ1) is 4.20. The van der Waals surface area contributed by atoms with Crippen molar-refractivity contribution in [1.29, 1.82) is 0 Å². The summed E-state index contributed by atoms with van der Waals surface area (Å²) >= 11 is 0. The molecule has 1 aliphatic rings. The predicted molar refractivity (Wildman–Crippen MR) is 34.0 cm³/mol. The summed E-state index contributed by atoms with van der Waals surface area (Å²) in [6.45, 7) is 2.12. The fourth-order valence-electron chi connectivity index (χ4n) is 0.825. The van der Waals surface area contributed by atoms with E-state index in [1.165, 1.54) is 6.08 Å². The summed E-state index contributed by atoms with van der Waals surface area (Å²) in [5.41, 5.74) is 0. The molecule has 0 bridgehead atoms. The van der Waals surface area contributed by atoms with Gasteiger partial charge in [-0.05, 0) is 18.3 Å². The molecule has 0 aromatic carbocycles. The molecule has 0 aromatic heterocycles. The first-order valence-corrected chi connectivity index (χ1v) is 3.11. The van der Waals surface area contributed by atoms with Crippen molar-refractivity contribution in [3.05, 3.63) is 12.2 Å². The summed E-state index contributed by atoms with van der Waals surface area (Å²) in [6, 6.07) is 0. The minimum absolute atomic E-state index is 0.543. The molecule has 0 aromatic rings. The molecule has 2 nitrogen and oxygen atoms in total. The van der Waals surface area contributed by atoms with Crippen LogP contribution in [0.2, 0.25) is 0 Å². The number of carboxylic acid groups (broad SMARTS) is 1. The molecule has 2 heteroatoms. The number of aliphatic carboxylic acids is 1. The van der Waals surface area contributed by atoms with Gasteiger partial charge in [0.25, 0.3) is 0 Å². The lowest BCUT2D eigenvalue weighted by Crippen LogP contribution is -1.86. The summed E-state index contributed by atoms with van der Waals surface area (Å²) in [5, 5.41) is 8.19. The van der Waals surface area contributed by atoms with Gasteiger partial charge in [0.1, 0.15) is 0 Å². The Hall–Kier alpha value is -0.790. The van der Waals surface area contributed by atoms with Crippen molar-refractivity contribution in [2.24, 2.45) is 11.8 Å². The van der Waals surface area contributed by atoms with E-state index in [1.54, 1.807) is 6.08 Å². The highest BCUT2D eigenvalue weighted by molar-refractivity contribution is 5.79. The fraction of sp³-hybridized carbons (Fsp3) is 0.571. The third-order valence-corrected chi connectivity index (χ3v) is 1.66. The maximum absolute atomic E-state index is 9.95. The molecule has 0 spiro atoms. The van der Waals surface area contributed by atoms with Gasteiger partial charge >= 0.3 is 5.97 Å². The van der Waals surface area contributed by atoms with E-state index in [-0.39, 0.29) is 0 Å². The Kier molecular flexibility index (Phi) is 1.56. The Morgan fingerprint density at radius 2 is 2.33 bits per heavy atom. The second-order valence-corrected chi connectivity index (χ2v) is 2.57. The number of carbonyl (C=O) groups is 1. The molecular formula is C7H10O2. The molecule has 1 saturated carbocycles. The Labute approximate surface area is 54.2 Å². The summed E-state index contributed by atoms with van der Waals surface area (Å²) < 4.78 is 0. The van der Waals surface area contributed by atoms with Gasteiger partial charge < -0.3 is 5.11 Å². The van der Waals surface area contributed by atoms with E-state index in [1.807, 2.05) is 0 Å². The van der Waals surface area contributed by atoms with Crippen LogP contribution in [0.5, 0.6) is 0 Å². The standard InChI is InChI=1S/C7H10O2/c1-5-4-6(5)2-3-7(8)9/h2-3,5-6H,4H2,1H3,(H,8,9)/b3-2+/t5-,6-/m1/s1. The highest BCUT2D eigenvalue weighted by atomic mass is 16.4. The fourth-order valence-corrected chi connectivity index (χ4v) is 0.825. The van der Waals surface area contributed by atoms with Gasteiger partial charge in [-0.1, -0.05) is 13.0 Å². The third kappa shape index (κ3) is 1.88. The van der Waals surface area contributed by atoms with Crippen molar-refractivity contribution in [2.45, 2.75) is 13.3 Å². The quantitative estimate of drug-likeness (QED) is 0.566. The zero-order chi connectivity index (χ0) is 6.85. The van der Waals surface area contributed by atoms with Gasteiger partial charge in [-0.2, -0.15) is 0 Å². The van der Waals surface area contributed by atoms with Crippen molar-refractivity contribution in [1.82, 2.24) is 0 Å². The molecule has 1 aliphatic carbocycles. The van der Waals surface area contributed by atoms with Crippen LogP contribution in [0.15, 0.2) is 12.2 Å². The van der Waals surface area contributed by atoms with Gasteiger partial charge in [-0.3, -0.25) is 0 Å². The van der Waals surface area contributed by atoms with Crippen LogP contribution in [0.25, 0.3) is 0 Å². The van der Waals surface area contributed by atoms with Crippen LogP contribution >= 0.6 is 0 Å². The van der Waals surface area contributed by atoms with E-state index >= 15 is 0 Å². The van der Waals surface area contributed by atoms with E-state index in [2.05, 4.69) is 6.92 Å². The lowest BCUT2D eigenvalue weighted by Gasteiger charge is -1.79. The van der Waals surface area contributed by atoms with Crippen LogP contribution < -0.4 is 0 Å². The molecule has 50 valence electrons. The zero-order valence-electron chi connectivity index (χ0n) is 5.37. The van der Waals surface area contributed by atoms with Crippen LogP contribution in [0, 0.1) is 11.8 Å². The monoisotopic (exact) mass is 126 g/mol. The summed E-state index contributed by atoms with van der Waals surface area (Å²) in [7, 11) is 0. The first-order valence-electron chi connectivity index (χ1n) is 3.11. The summed E-state index contributed by atoms with van der Waals surface area (Å²) in [5.74, 6) is 0.413. The molecule has 0 saturated heterocycles. The maximum Gasteiger partial charge on any atom is 0.327 e. The number of hydrogen-bond acceptors (Lipinski definition) is 1. The normalized spacial score (nSPS) is 33.0. The Bertz CT molecular complexity index is 149. The van der Waals surface area contributed by atoms with E-state index in [4.69, 9.17) is 5.11 Å². The van der Waals surface area contributed by atoms with Gasteiger partial charge in [0.2, 0.25) is 0 Å². The average Bonchev–Trinajstić information content (AvgIpc) is 2.42. The molecule has 0 aliphatic heterocycles. The van der Waals surface area contributed by atoms with Crippen LogP contribution in [0.4, 0.5) is 0 Å². The molecular weight excluding hydrogens is 116 g/mol. The Morgan fingerprint density at radius 3 is 2.67 bits per heavy atom. The molecule has 1 rings (SSSR count). The van der Waals surface area contributed by atoms with Gasteiger partial charge in [0, 0.05) is 6.08 Å². The average molecular weight is 126 g/mol. The van der Waals surface area contributed by atoms with Crippen molar-refractivity contribution in [3.63, 3.8) is 0 Å². The Balaban J connectivity index is 2.25. The van der Waals surface area contributed by atoms with Gasteiger partial charge in [-0.25, -0.2) is 4.79 Å². The lowest BCUT2D eigenvalue weighted by atomic mass is 10.3. The van der Waals surface area contributed by atoms with E-state index < -0.39 is 5.97 Å². The first kappa shape index (κ1) is 6.33. The molecule has 9 heavy (non-hydrogen) atoms. The molecule has 0 amide bonds. The highest BCUT2D eigenvalue weighted by Crippen LogP contribution is 2.38. The number of rotatable bonds is 2. The minimum atomic E-state index is -0.839. The van der Waals surface area contributed by atoms with Crippen LogP contribution in [-0.4, -0.2) is 11.1 Å². The molecule has 0 unspecified atom stereocenters. The SMILES string of the molecule is C[C@@H]1C[C@H]1/C=C/C(=O)O. The van der Waals surface area contributed by atoms with Gasteiger partial charge in [-0.15, -0.1) is 0 Å². The molecule has 0 radical (unpaired) electrons. The molecule has 1 fully saturated rings. The van der Waals surface area contributed by atoms with Crippen molar-refractivity contribution < 1.29 is 9.90 Å². The van der Waals surface area contributed by atoms with E-state index in [0.29, 0.717) is 11.8 Å². The van der Waals surface area contributed by atoms with Gasteiger partial charge in [0.15, 0.2) is 0 Å². The van der Waals surface area contributed by atoms with Crippen LogP contribution in [0.1, 0.15) is 13.3 Å². The Morgan fingerprint density at radius 1 is 1.78 bits per heavy atom. The van der Waals surface area contributed by atoms with Crippen LogP contribution in [0.3, 0.4) is 0 Å². The molecule has 1 N–H and O–H groups in total. The zero-order valence-corrected chi connectivity index (χ0v) is 5.37. The number of allylic oxidation sites excluding steroid dienone is 1. The predicted octanol–water partition coefficient (Wildman–Crippen LogP) is 1.28. The lowest BCUT2D eigenvalue weighted by molar-refractivity contribution is -0.131. The smallest absolute Gasteiger partial charge is 0.327 e.